The number of benzene rings is 2. The van der Waals surface area contributed by atoms with Crippen LogP contribution < -0.4 is 9.80 Å². The lowest BCUT2D eigenvalue weighted by Crippen LogP contribution is -2.51. The lowest BCUT2D eigenvalue weighted by molar-refractivity contribution is -0.126. The van der Waals surface area contributed by atoms with Crippen molar-refractivity contribution in [3.63, 3.8) is 0 Å². The number of hydrogen-bond acceptors (Lipinski definition) is 4. The molecule has 6 rings (SSSR count). The predicted octanol–water partition coefficient (Wildman–Crippen LogP) is 6.47. The van der Waals surface area contributed by atoms with Gasteiger partial charge in [-0.05, 0) is 89.8 Å². The van der Waals surface area contributed by atoms with Crippen LogP contribution in [0.4, 0.5) is 11.4 Å². The molecule has 0 amide bonds. The Kier molecular flexibility index (Phi) is 6.10. The Labute approximate surface area is 228 Å². The van der Waals surface area contributed by atoms with Crippen LogP contribution in [0.25, 0.3) is 0 Å². The van der Waals surface area contributed by atoms with Gasteiger partial charge in [0.15, 0.2) is 0 Å². The summed E-state index contributed by atoms with van der Waals surface area (Å²) in [6, 6.07) is 17.6. The molecule has 0 radical (unpaired) electrons. The molecule has 2 saturated carbocycles. The van der Waals surface area contributed by atoms with Gasteiger partial charge in [-0.2, -0.15) is 0 Å². The number of rotatable bonds is 4. The van der Waals surface area contributed by atoms with Crippen molar-refractivity contribution in [1.29, 1.82) is 0 Å². The molecule has 0 saturated heterocycles. The van der Waals surface area contributed by atoms with Crippen molar-refractivity contribution >= 4 is 17.2 Å². The minimum Gasteiger partial charge on any atom is -0.385 e. The topological polar surface area (TPSA) is 43.8 Å². The zero-order chi connectivity index (χ0) is 26.8. The number of anilines is 2. The van der Waals surface area contributed by atoms with Crippen LogP contribution in [-0.2, 0) is 4.79 Å². The van der Waals surface area contributed by atoms with Gasteiger partial charge >= 0.3 is 0 Å². The fourth-order valence-electron chi connectivity index (χ4n) is 8.33. The molecule has 2 aromatic rings. The molecule has 1 N–H and O–H groups in total. The maximum absolute atomic E-state index is 13.2. The monoisotopic (exact) mass is 510 g/mol. The first-order valence-electron chi connectivity index (χ1n) is 14.3. The number of aliphatic hydroxyl groups is 1. The summed E-state index contributed by atoms with van der Waals surface area (Å²) in [5, 5.41) is 12.4. The predicted molar refractivity (Wildman–Crippen MR) is 156 cm³/mol. The molecule has 38 heavy (non-hydrogen) atoms. The third kappa shape index (κ3) is 4.04. The van der Waals surface area contributed by atoms with Gasteiger partial charge in [-0.1, -0.05) is 48.9 Å². The highest BCUT2D eigenvalue weighted by atomic mass is 16.3. The smallest absolute Gasteiger partial charge is 0.137 e. The number of allylic oxidation sites excluding steroid dienone is 3. The second kappa shape index (κ2) is 9.12. The summed E-state index contributed by atoms with van der Waals surface area (Å²) in [4.78, 5) is 17.5. The van der Waals surface area contributed by atoms with E-state index in [1.807, 2.05) is 14.1 Å². The van der Waals surface area contributed by atoms with Crippen LogP contribution in [0, 0.1) is 17.3 Å². The Balaban J connectivity index is 1.50. The van der Waals surface area contributed by atoms with Crippen LogP contribution in [0.1, 0.15) is 68.4 Å². The molecule has 4 aliphatic carbocycles. The number of hydrogen-bond donors (Lipinski definition) is 1. The third-order valence-corrected chi connectivity index (χ3v) is 10.3. The maximum Gasteiger partial charge on any atom is 0.137 e. The molecular formula is C34H42N2O2. The van der Waals surface area contributed by atoms with Crippen LogP contribution in [0.2, 0.25) is 0 Å². The highest BCUT2D eigenvalue weighted by molar-refractivity contribution is 5.84. The molecule has 0 heterocycles. The molecule has 4 heteroatoms. The minimum atomic E-state index is -1.07. The molecule has 2 aromatic carbocycles. The van der Waals surface area contributed by atoms with E-state index in [1.165, 1.54) is 22.4 Å². The molecule has 0 bridgehead atoms. The van der Waals surface area contributed by atoms with Gasteiger partial charge in [-0.3, -0.25) is 4.79 Å². The van der Waals surface area contributed by atoms with Crippen molar-refractivity contribution in [2.24, 2.45) is 17.3 Å². The van der Waals surface area contributed by atoms with Crippen molar-refractivity contribution in [2.45, 2.75) is 62.9 Å². The van der Waals surface area contributed by atoms with Gasteiger partial charge < -0.3 is 14.9 Å². The fourth-order valence-corrected chi connectivity index (χ4v) is 8.33. The van der Waals surface area contributed by atoms with E-state index in [2.05, 4.69) is 91.5 Å². The summed E-state index contributed by atoms with van der Waals surface area (Å²) in [5.74, 6) is 1.28. The molecular weight excluding hydrogens is 468 g/mol. The highest BCUT2D eigenvalue weighted by Crippen LogP contribution is 2.64. The number of ketones is 1. The molecule has 0 spiro atoms. The van der Waals surface area contributed by atoms with Crippen LogP contribution in [-0.4, -0.2) is 44.7 Å². The van der Waals surface area contributed by atoms with E-state index in [1.54, 1.807) is 0 Å². The Bertz CT molecular complexity index is 1290. The number of nitrogens with zero attached hydrogens (tertiary/aromatic N) is 2. The largest absolute Gasteiger partial charge is 0.385 e. The first-order valence-corrected chi connectivity index (χ1v) is 14.3. The van der Waals surface area contributed by atoms with Crippen molar-refractivity contribution < 1.29 is 9.90 Å². The van der Waals surface area contributed by atoms with Crippen molar-refractivity contribution in [3.05, 3.63) is 83.0 Å². The first kappa shape index (κ1) is 25.4. The summed E-state index contributed by atoms with van der Waals surface area (Å²) in [7, 11) is 8.24. The van der Waals surface area contributed by atoms with Gasteiger partial charge in [-0.25, -0.2) is 0 Å². The third-order valence-electron chi connectivity index (χ3n) is 10.3. The zero-order valence-electron chi connectivity index (χ0n) is 23.6. The quantitative estimate of drug-likeness (QED) is 0.479. The van der Waals surface area contributed by atoms with Gasteiger partial charge in [0.2, 0.25) is 0 Å². The van der Waals surface area contributed by atoms with Crippen LogP contribution in [0.3, 0.4) is 0 Å². The lowest BCUT2D eigenvalue weighted by atomic mass is 9.50. The van der Waals surface area contributed by atoms with Crippen molar-refractivity contribution in [2.75, 3.05) is 38.0 Å². The van der Waals surface area contributed by atoms with Gasteiger partial charge in [0, 0.05) is 58.3 Å². The molecule has 2 unspecified atom stereocenters. The van der Waals surface area contributed by atoms with E-state index in [4.69, 9.17) is 0 Å². The van der Waals surface area contributed by atoms with E-state index >= 15 is 0 Å². The highest BCUT2D eigenvalue weighted by Gasteiger charge is 2.57. The second-order valence-electron chi connectivity index (χ2n) is 13.0. The van der Waals surface area contributed by atoms with E-state index < -0.39 is 5.60 Å². The molecule has 4 nitrogen and oxygen atoms in total. The van der Waals surface area contributed by atoms with Crippen LogP contribution in [0.15, 0.2) is 71.8 Å². The summed E-state index contributed by atoms with van der Waals surface area (Å²) in [5.41, 5.74) is 6.58. The molecule has 0 aliphatic heterocycles. The van der Waals surface area contributed by atoms with Gasteiger partial charge in [0.1, 0.15) is 5.78 Å². The van der Waals surface area contributed by atoms with E-state index in [9.17, 15) is 9.90 Å². The number of carbonyl (C=O) groups is 1. The summed E-state index contributed by atoms with van der Waals surface area (Å²) < 4.78 is 0. The molecule has 4 aliphatic rings. The van der Waals surface area contributed by atoms with Gasteiger partial charge in [0.25, 0.3) is 0 Å². The Morgan fingerprint density at radius 3 is 2.11 bits per heavy atom. The SMILES string of the molecule is CN(C)c1ccc(C2CC(=O)C[C@]3(O)CC(c4ccc(N(C)C)cc4)[C@@H]4C(=C23)CC[C@]2(C)C=CC[C@@H]42)cc1. The van der Waals surface area contributed by atoms with Crippen molar-refractivity contribution in [3.8, 4) is 0 Å². The molecule has 6 atom stereocenters. The van der Waals surface area contributed by atoms with E-state index in [-0.39, 0.29) is 29.5 Å². The lowest BCUT2D eigenvalue weighted by Gasteiger charge is -2.55. The normalized spacial score (nSPS) is 34.0. The maximum atomic E-state index is 13.2. The summed E-state index contributed by atoms with van der Waals surface area (Å²) in [6.07, 6.45) is 9.46. The standard InChI is InChI=1S/C34H42N2O2/c1-33-17-6-7-30(33)31-27(16-18-33)32-28(22-8-12-24(13-9-22)35(2)3)19-26(37)20-34(32,38)21-29(31)23-10-14-25(15-11-23)36(4)5/h6,8-15,17,28-31,38H,7,16,18-21H2,1-5H3/t28?,29?,30-,31-,33-,34-/m0/s1. The van der Waals surface area contributed by atoms with E-state index in [0.717, 1.165) is 30.5 Å². The number of Topliss-reactive ketones (excluding diaryl/α,β-unsaturated/α-hetero) is 1. The average molecular weight is 511 g/mol. The molecule has 0 aromatic heterocycles. The van der Waals surface area contributed by atoms with Gasteiger partial charge in [-0.15, -0.1) is 0 Å². The fraction of sp³-hybridized carbons (Fsp3) is 0.500. The van der Waals surface area contributed by atoms with Crippen LogP contribution in [0.5, 0.6) is 0 Å². The summed E-state index contributed by atoms with van der Waals surface area (Å²) in [6.45, 7) is 2.44. The average Bonchev–Trinajstić information content (AvgIpc) is 3.29. The second-order valence-corrected chi connectivity index (χ2v) is 13.0. The Morgan fingerprint density at radius 2 is 1.50 bits per heavy atom. The number of fused-ring (bicyclic) bond motifs is 4. The molecule has 200 valence electrons. The zero-order valence-corrected chi connectivity index (χ0v) is 23.6. The Hall–Kier alpha value is -2.85. The molecule has 2 fully saturated rings. The van der Waals surface area contributed by atoms with Gasteiger partial charge in [0.05, 0.1) is 5.60 Å². The Morgan fingerprint density at radius 1 is 0.895 bits per heavy atom. The van der Waals surface area contributed by atoms with Crippen molar-refractivity contribution in [1.82, 2.24) is 0 Å². The number of carbonyl (C=O) groups excluding carboxylic acids is 1. The minimum absolute atomic E-state index is 0.0363. The first-order chi connectivity index (χ1) is 18.1. The van der Waals surface area contributed by atoms with E-state index in [0.29, 0.717) is 24.7 Å². The summed E-state index contributed by atoms with van der Waals surface area (Å²) >= 11 is 0. The van der Waals surface area contributed by atoms with Crippen LogP contribution >= 0.6 is 0 Å².